The van der Waals surface area contributed by atoms with Crippen LogP contribution in [0.4, 0.5) is 0 Å². The zero-order chi connectivity index (χ0) is 70.5. The predicted octanol–water partition coefficient (Wildman–Crippen LogP) is -0.824. The first-order chi connectivity index (χ1) is 45.1. The lowest BCUT2D eigenvalue weighted by molar-refractivity contribution is -0.270. The maximum absolute atomic E-state index is 12.6. The zero-order valence-electron chi connectivity index (χ0n) is 54.8. The molecule has 0 saturated carbocycles. The summed E-state index contributed by atoms with van der Waals surface area (Å²) in [6, 6.07) is -3.19. The normalized spacial score (nSPS) is 29.0. The van der Waals surface area contributed by atoms with Crippen LogP contribution in [0.25, 0.3) is 0 Å². The highest BCUT2D eigenvalue weighted by Crippen LogP contribution is 2.45. The molecule has 3 saturated heterocycles. The second kappa shape index (κ2) is 47.3. The molecular weight excluding hydrogens is 1340 g/mol. The molecule has 15 N–H and O–H groups in total. The smallest absolute Gasteiger partial charge is 0.394 e. The number of carbonyl (C=O) groups excluding carboxylic acids is 3. The third-order valence-electron chi connectivity index (χ3n) is 14.9. The van der Waals surface area contributed by atoms with Gasteiger partial charge in [0.2, 0.25) is 17.7 Å². The number of aliphatic hydroxyl groups is 9. The van der Waals surface area contributed by atoms with E-state index in [4.69, 9.17) is 69.8 Å². The number of phosphoric acid groups is 3. The first kappa shape index (κ1) is 87.2. The van der Waals surface area contributed by atoms with Crippen LogP contribution in [0.5, 0.6) is 0 Å². The Morgan fingerprint density at radius 1 is 0.358 bits per heavy atom. The Bertz CT molecular complexity index is 2020. The largest absolute Gasteiger partial charge is 0.472 e. The molecule has 3 amide bonds. The summed E-state index contributed by atoms with van der Waals surface area (Å²) in [5, 5.41) is 97.8. The fraction of sp³-hybridized carbons (Fsp3) is 0.946. The lowest BCUT2D eigenvalue weighted by Gasteiger charge is -2.42. The van der Waals surface area contributed by atoms with Crippen molar-refractivity contribution in [3.05, 3.63) is 0 Å². The summed E-state index contributed by atoms with van der Waals surface area (Å²) in [5.41, 5.74) is -0.803. The summed E-state index contributed by atoms with van der Waals surface area (Å²) in [7, 11) is -13.2. The molecule has 560 valence electrons. The molecule has 0 radical (unpaired) electrons. The number of aliphatic hydroxyl groups excluding tert-OH is 9. The van der Waals surface area contributed by atoms with Crippen LogP contribution in [-0.4, -0.2) is 289 Å². The van der Waals surface area contributed by atoms with E-state index in [1.165, 1.54) is 20.8 Å². The molecule has 18 atom stereocenters. The molecule has 3 aliphatic rings. The van der Waals surface area contributed by atoms with Crippen molar-refractivity contribution in [3.63, 3.8) is 0 Å². The SMILES string of the molecule is CC(=O)N[C@H]1C(O)[C@@H](O)C(CO)O[C@H]1OCCCCCCOP(=O)(O)OCCCOCC(C)(COCCCOP(=O)(O)OCCCCCCO[C@@H]1OC(CO)[C@H](O)C(O)[C@@H]1NC(C)=O)COCCCOP(=O)(O)OCCCCCCO[C@@H]1OC(CO)[C@H](O)C(O)[C@@H]1NC(C)=O. The molecule has 3 rings (SSSR count). The summed E-state index contributed by atoms with van der Waals surface area (Å²) < 4.78 is 120. The molecule has 3 heterocycles. The third kappa shape index (κ3) is 35.5. The van der Waals surface area contributed by atoms with Crippen molar-refractivity contribution < 1.29 is 158 Å². The highest BCUT2D eigenvalue weighted by molar-refractivity contribution is 7.47. The van der Waals surface area contributed by atoms with Crippen molar-refractivity contribution in [3.8, 4) is 0 Å². The quantitative estimate of drug-likeness (QED) is 0.0261. The average molecular weight is 1440 g/mol. The molecule has 0 aliphatic carbocycles. The Morgan fingerprint density at radius 2 is 0.579 bits per heavy atom. The molecule has 0 bridgehead atoms. The monoisotopic (exact) mass is 1440 g/mol. The fourth-order valence-electron chi connectivity index (χ4n) is 9.87. The molecule has 9 unspecified atom stereocenters. The number of hydrogen-bond donors (Lipinski definition) is 15. The minimum atomic E-state index is -4.41. The Labute approximate surface area is 554 Å². The number of phosphoric ester groups is 3. The Morgan fingerprint density at radius 3 is 0.800 bits per heavy atom. The molecule has 3 fully saturated rings. The van der Waals surface area contributed by atoms with E-state index in [2.05, 4.69) is 16.0 Å². The molecule has 0 aromatic carbocycles. The van der Waals surface area contributed by atoms with Gasteiger partial charge in [0.1, 0.15) is 73.1 Å². The van der Waals surface area contributed by atoms with Crippen LogP contribution >= 0.6 is 23.5 Å². The van der Waals surface area contributed by atoms with E-state index in [1.807, 2.05) is 6.92 Å². The van der Waals surface area contributed by atoms with Gasteiger partial charge in [-0.15, -0.1) is 0 Å². The Hall–Kier alpha value is -1.98. The lowest BCUT2D eigenvalue weighted by atomic mass is 9.94. The van der Waals surface area contributed by atoms with E-state index >= 15 is 0 Å². The number of nitrogens with one attached hydrogen (secondary N) is 3. The first-order valence-corrected chi connectivity index (χ1v) is 36.7. The van der Waals surface area contributed by atoms with Crippen LogP contribution in [0.3, 0.4) is 0 Å². The van der Waals surface area contributed by atoms with E-state index in [1.54, 1.807) is 0 Å². The fourth-order valence-corrected chi connectivity index (χ4v) is 12.2. The minimum absolute atomic E-state index is 0.0674. The molecule has 3 aliphatic heterocycles. The van der Waals surface area contributed by atoms with Crippen molar-refractivity contribution >= 4 is 41.2 Å². The van der Waals surface area contributed by atoms with E-state index in [0.29, 0.717) is 77.0 Å². The van der Waals surface area contributed by atoms with Crippen LogP contribution in [0.2, 0.25) is 0 Å². The van der Waals surface area contributed by atoms with Gasteiger partial charge in [0.15, 0.2) is 18.9 Å². The molecular formula is C56H108N3O33P3. The third-order valence-corrected chi connectivity index (χ3v) is 17.9. The second-order valence-electron chi connectivity index (χ2n) is 23.6. The van der Waals surface area contributed by atoms with Gasteiger partial charge in [0.25, 0.3) is 0 Å². The van der Waals surface area contributed by atoms with E-state index in [-0.39, 0.29) is 118 Å². The Balaban J connectivity index is 1.36. The van der Waals surface area contributed by atoms with Gasteiger partial charge >= 0.3 is 23.5 Å². The van der Waals surface area contributed by atoms with Gasteiger partial charge < -0.3 is 119 Å². The summed E-state index contributed by atoms with van der Waals surface area (Å²) in [6.45, 7) is 3.86. The number of amides is 3. The number of carbonyl (C=O) groups is 3. The molecule has 0 aromatic heterocycles. The standard InChI is InChI=1S/C56H108N3O33P3/c1-38(63)57-44-50(69)47(66)41(32-60)90-53(44)81-23-11-5-8-14-26-84-93(72,73)87-29-17-20-78-35-56(4,36-79-21-18-30-88-94(74,75)85-27-15-9-6-12-24-82-54-45(58-39(2)64)51(70)48(67)42(33-61)91-54)37-80-22-19-31-89-95(76,77)86-28-16-10-7-13-25-83-55-46(59-40(3)65)52(71)49(68)43(34-62)92-55/h41-55,60-62,66-71H,5-37H2,1-4H3,(H,57,63)(H,58,64)(H,59,65)(H,72,73)(H,74,75)(H,76,77)/t41?,42?,43?,44-,45-,46-,47-,48-,49-,50?,51?,52?,53+,54+,55+,56?/m0/s1. The summed E-state index contributed by atoms with van der Waals surface area (Å²) in [6.07, 6.45) is -8.42. The lowest BCUT2D eigenvalue weighted by Crippen LogP contribution is -2.64. The van der Waals surface area contributed by atoms with Crippen LogP contribution in [-0.2, 0) is 97.9 Å². The highest BCUT2D eigenvalue weighted by Gasteiger charge is 2.48. The van der Waals surface area contributed by atoms with Gasteiger partial charge in [-0.05, 0) is 57.8 Å². The number of unbranched alkanes of at least 4 members (excludes halogenated alkanes) is 9. The number of hydrogen-bond acceptors (Lipinski definition) is 30. The van der Waals surface area contributed by atoms with Gasteiger partial charge in [0.05, 0.1) is 79.3 Å². The average Bonchev–Trinajstić information content (AvgIpc) is 0.828. The molecule has 95 heavy (non-hydrogen) atoms. The van der Waals surface area contributed by atoms with Crippen molar-refractivity contribution in [2.75, 3.05) is 119 Å². The zero-order valence-corrected chi connectivity index (χ0v) is 57.5. The maximum atomic E-state index is 12.6. The summed E-state index contributed by atoms with van der Waals surface area (Å²) in [5.74, 6) is -1.44. The van der Waals surface area contributed by atoms with Crippen molar-refractivity contribution in [2.24, 2.45) is 5.41 Å². The van der Waals surface area contributed by atoms with E-state index in [9.17, 15) is 88.7 Å². The molecule has 39 heteroatoms. The maximum Gasteiger partial charge on any atom is 0.472 e. The first-order valence-electron chi connectivity index (χ1n) is 32.2. The van der Waals surface area contributed by atoms with Crippen LogP contribution in [0.1, 0.15) is 124 Å². The van der Waals surface area contributed by atoms with Crippen LogP contribution < -0.4 is 16.0 Å². The van der Waals surface area contributed by atoms with Gasteiger partial charge in [-0.25, -0.2) is 13.7 Å². The topological polar surface area (TPSA) is 520 Å². The van der Waals surface area contributed by atoms with Gasteiger partial charge in [0, 0.05) is 65.8 Å². The van der Waals surface area contributed by atoms with Crippen LogP contribution in [0.15, 0.2) is 0 Å². The second-order valence-corrected chi connectivity index (χ2v) is 27.9. The van der Waals surface area contributed by atoms with Crippen molar-refractivity contribution in [1.82, 2.24) is 16.0 Å². The summed E-state index contributed by atoms with van der Waals surface area (Å²) in [4.78, 5) is 65.7. The molecule has 0 spiro atoms. The Kier molecular flexibility index (Phi) is 43.4. The van der Waals surface area contributed by atoms with E-state index < -0.39 is 158 Å². The van der Waals surface area contributed by atoms with Gasteiger partial charge in [-0.3, -0.25) is 41.5 Å². The highest BCUT2D eigenvalue weighted by atomic mass is 31.2. The van der Waals surface area contributed by atoms with E-state index in [0.717, 1.165) is 0 Å². The molecule has 0 aromatic rings. The minimum Gasteiger partial charge on any atom is -0.394 e. The number of rotatable bonds is 54. The summed E-state index contributed by atoms with van der Waals surface area (Å²) >= 11 is 0. The van der Waals surface area contributed by atoms with Gasteiger partial charge in [-0.2, -0.15) is 0 Å². The van der Waals surface area contributed by atoms with Gasteiger partial charge in [-0.1, -0.05) is 45.4 Å². The molecule has 36 nitrogen and oxygen atoms in total. The number of ether oxygens (including phenoxy) is 9. The van der Waals surface area contributed by atoms with Crippen LogP contribution in [0, 0.1) is 5.41 Å². The van der Waals surface area contributed by atoms with Crippen molar-refractivity contribution in [1.29, 1.82) is 0 Å². The predicted molar refractivity (Wildman–Crippen MR) is 329 cm³/mol. The van der Waals surface area contributed by atoms with Crippen molar-refractivity contribution in [2.45, 2.75) is 216 Å².